The van der Waals surface area contributed by atoms with E-state index in [1.807, 2.05) is 0 Å². The Hall–Kier alpha value is -2.37. The molecule has 5 heteroatoms. The number of aliphatic hydroxyl groups is 1. The summed E-state index contributed by atoms with van der Waals surface area (Å²) in [5.41, 5.74) is 2.15. The molecule has 150 valence electrons. The van der Waals surface area contributed by atoms with E-state index in [1.54, 1.807) is 24.3 Å². The third-order valence-electron chi connectivity index (χ3n) is 5.16. The van der Waals surface area contributed by atoms with Gasteiger partial charge in [0, 0.05) is 19.2 Å². The second kappa shape index (κ2) is 10.2. The highest BCUT2D eigenvalue weighted by atomic mass is 16.5. The zero-order valence-electron chi connectivity index (χ0n) is 16.5. The average Bonchev–Trinajstić information content (AvgIpc) is 2.69. The lowest BCUT2D eigenvalue weighted by Crippen LogP contribution is -2.41. The first-order valence-electron chi connectivity index (χ1n) is 10.0. The highest BCUT2D eigenvalue weighted by Gasteiger charge is 2.21. The van der Waals surface area contributed by atoms with Crippen molar-refractivity contribution < 1.29 is 14.6 Å². The molecule has 1 aliphatic rings. The Balaban J connectivity index is 1.35. The van der Waals surface area contributed by atoms with Gasteiger partial charge in [-0.25, -0.2) is 0 Å². The van der Waals surface area contributed by atoms with Gasteiger partial charge in [-0.3, -0.25) is 4.79 Å². The largest absolute Gasteiger partial charge is 0.491 e. The first kappa shape index (κ1) is 20.4. The maximum Gasteiger partial charge on any atom is 0.221 e. The Morgan fingerprint density at radius 3 is 2.46 bits per heavy atom. The van der Waals surface area contributed by atoms with E-state index in [4.69, 9.17) is 4.74 Å². The smallest absolute Gasteiger partial charge is 0.221 e. The lowest BCUT2D eigenvalue weighted by Gasteiger charge is -2.33. The second-order valence-corrected chi connectivity index (χ2v) is 7.60. The van der Waals surface area contributed by atoms with Crippen molar-refractivity contribution in [2.45, 2.75) is 32.3 Å². The third-order valence-corrected chi connectivity index (χ3v) is 5.16. The first-order chi connectivity index (χ1) is 13.6. The van der Waals surface area contributed by atoms with Crippen molar-refractivity contribution in [2.75, 3.05) is 31.6 Å². The number of aliphatic hydroxyl groups excluding tert-OH is 1. The van der Waals surface area contributed by atoms with Crippen LogP contribution in [0.1, 0.15) is 25.3 Å². The van der Waals surface area contributed by atoms with E-state index < -0.39 is 6.10 Å². The molecule has 2 N–H and O–H groups in total. The molecule has 1 aliphatic heterocycles. The molecule has 0 aromatic heterocycles. The number of likely N-dealkylation sites (tertiary alicyclic amines) is 1. The molecule has 1 fully saturated rings. The number of ether oxygens (including phenoxy) is 1. The van der Waals surface area contributed by atoms with Crippen molar-refractivity contribution in [3.8, 4) is 5.75 Å². The van der Waals surface area contributed by atoms with E-state index in [-0.39, 0.29) is 12.5 Å². The molecule has 3 rings (SSSR count). The second-order valence-electron chi connectivity index (χ2n) is 7.60. The molecule has 0 saturated carbocycles. The molecule has 28 heavy (non-hydrogen) atoms. The Labute approximate surface area is 167 Å². The molecule has 2 aromatic rings. The van der Waals surface area contributed by atoms with Gasteiger partial charge in [-0.2, -0.15) is 0 Å². The van der Waals surface area contributed by atoms with Crippen molar-refractivity contribution >= 4 is 11.6 Å². The molecule has 0 bridgehead atoms. The van der Waals surface area contributed by atoms with Crippen molar-refractivity contribution in [1.82, 2.24) is 4.90 Å². The van der Waals surface area contributed by atoms with E-state index >= 15 is 0 Å². The molecule has 1 atom stereocenters. The summed E-state index contributed by atoms with van der Waals surface area (Å²) >= 11 is 0. The van der Waals surface area contributed by atoms with Gasteiger partial charge in [0.1, 0.15) is 18.5 Å². The number of β-amino-alcohol motifs (C(OH)–C–C–N with tert-alkyl or cyclic N) is 1. The lowest BCUT2D eigenvalue weighted by atomic mass is 9.90. The third kappa shape index (κ3) is 6.66. The fourth-order valence-electron chi connectivity index (χ4n) is 3.70. The Bertz CT molecular complexity index is 725. The predicted molar refractivity (Wildman–Crippen MR) is 112 cm³/mol. The Morgan fingerprint density at radius 1 is 1.14 bits per heavy atom. The minimum atomic E-state index is -0.513. The number of carbonyl (C=O) groups excluding carboxylic acids is 1. The molecule has 5 nitrogen and oxygen atoms in total. The predicted octanol–water partition coefficient (Wildman–Crippen LogP) is 3.34. The van der Waals surface area contributed by atoms with E-state index in [0.29, 0.717) is 12.3 Å². The van der Waals surface area contributed by atoms with Gasteiger partial charge in [0.05, 0.1) is 0 Å². The molecular formula is C23H30N2O3. The van der Waals surface area contributed by atoms with Crippen molar-refractivity contribution in [3.63, 3.8) is 0 Å². The highest BCUT2D eigenvalue weighted by Crippen LogP contribution is 2.22. The van der Waals surface area contributed by atoms with Crippen molar-refractivity contribution in [2.24, 2.45) is 5.92 Å². The first-order valence-corrected chi connectivity index (χ1v) is 10.0. The minimum absolute atomic E-state index is 0.100. The maximum atomic E-state index is 11.0. The van der Waals surface area contributed by atoms with Crippen LogP contribution < -0.4 is 10.1 Å². The summed E-state index contributed by atoms with van der Waals surface area (Å²) in [5, 5.41) is 13.0. The van der Waals surface area contributed by atoms with Crippen LogP contribution in [-0.4, -0.2) is 48.3 Å². The SMILES string of the molecule is CC(=O)Nc1ccc(OC[C@H](O)CN2CCC(Cc3ccccc3)CC2)cc1. The number of amides is 1. The van der Waals surface area contributed by atoms with Crippen molar-refractivity contribution in [1.29, 1.82) is 0 Å². The van der Waals surface area contributed by atoms with Gasteiger partial charge in [-0.05, 0) is 68.1 Å². The maximum absolute atomic E-state index is 11.0. The van der Waals surface area contributed by atoms with Crippen LogP contribution in [0.2, 0.25) is 0 Å². The zero-order chi connectivity index (χ0) is 19.8. The van der Waals surface area contributed by atoms with Crippen LogP contribution in [0.4, 0.5) is 5.69 Å². The molecule has 1 amide bonds. The summed E-state index contributed by atoms with van der Waals surface area (Å²) in [6.07, 6.45) is 2.98. The number of hydrogen-bond acceptors (Lipinski definition) is 4. The van der Waals surface area contributed by atoms with E-state index in [1.165, 1.54) is 25.3 Å². The fourth-order valence-corrected chi connectivity index (χ4v) is 3.70. The Kier molecular flexibility index (Phi) is 7.46. The molecule has 0 spiro atoms. The average molecular weight is 383 g/mol. The van der Waals surface area contributed by atoms with Crippen LogP contribution in [-0.2, 0) is 11.2 Å². The Morgan fingerprint density at radius 2 is 1.82 bits per heavy atom. The van der Waals surface area contributed by atoms with Gasteiger partial charge in [-0.1, -0.05) is 30.3 Å². The summed E-state index contributed by atoms with van der Waals surface area (Å²) in [5.74, 6) is 1.32. The van der Waals surface area contributed by atoms with Crippen LogP contribution in [0.3, 0.4) is 0 Å². The van der Waals surface area contributed by atoms with Gasteiger partial charge in [0.25, 0.3) is 0 Å². The molecule has 0 aliphatic carbocycles. The quantitative estimate of drug-likeness (QED) is 0.735. The van der Waals surface area contributed by atoms with Crippen molar-refractivity contribution in [3.05, 3.63) is 60.2 Å². The van der Waals surface area contributed by atoms with Crippen LogP contribution in [0.25, 0.3) is 0 Å². The minimum Gasteiger partial charge on any atom is -0.491 e. The number of nitrogens with zero attached hydrogens (tertiary/aromatic N) is 1. The molecule has 0 radical (unpaired) electrons. The standard InChI is InChI=1S/C23H30N2O3/c1-18(26)24-21-7-9-23(10-8-21)28-17-22(27)16-25-13-11-20(12-14-25)15-19-5-3-2-4-6-19/h2-10,20,22,27H,11-17H2,1H3,(H,24,26)/t22-/m1/s1. The van der Waals surface area contributed by atoms with Gasteiger partial charge in [0.15, 0.2) is 0 Å². The summed E-state index contributed by atoms with van der Waals surface area (Å²) in [7, 11) is 0. The van der Waals surface area contributed by atoms with Gasteiger partial charge < -0.3 is 20.1 Å². The lowest BCUT2D eigenvalue weighted by molar-refractivity contribution is -0.114. The topological polar surface area (TPSA) is 61.8 Å². The molecule has 2 aromatic carbocycles. The van der Waals surface area contributed by atoms with Crippen LogP contribution >= 0.6 is 0 Å². The monoisotopic (exact) mass is 382 g/mol. The normalized spacial score (nSPS) is 16.5. The number of anilines is 1. The fraction of sp³-hybridized carbons (Fsp3) is 0.435. The van der Waals surface area contributed by atoms with E-state index in [9.17, 15) is 9.90 Å². The molecule has 1 heterocycles. The number of rotatable bonds is 8. The van der Waals surface area contributed by atoms with Gasteiger partial charge in [-0.15, -0.1) is 0 Å². The number of nitrogens with one attached hydrogen (secondary N) is 1. The summed E-state index contributed by atoms with van der Waals surface area (Å²) in [6, 6.07) is 17.9. The van der Waals surface area contributed by atoms with Crippen LogP contribution in [0, 0.1) is 5.92 Å². The van der Waals surface area contributed by atoms with Gasteiger partial charge >= 0.3 is 0 Å². The van der Waals surface area contributed by atoms with E-state index in [2.05, 4.69) is 40.5 Å². The summed E-state index contributed by atoms with van der Waals surface area (Å²) in [6.45, 7) is 4.44. The van der Waals surface area contributed by atoms with Crippen LogP contribution in [0.5, 0.6) is 5.75 Å². The van der Waals surface area contributed by atoms with Crippen LogP contribution in [0.15, 0.2) is 54.6 Å². The highest BCUT2D eigenvalue weighted by molar-refractivity contribution is 5.88. The number of carbonyl (C=O) groups is 1. The van der Waals surface area contributed by atoms with E-state index in [0.717, 1.165) is 31.1 Å². The summed E-state index contributed by atoms with van der Waals surface area (Å²) < 4.78 is 5.68. The van der Waals surface area contributed by atoms with Gasteiger partial charge in [0.2, 0.25) is 5.91 Å². The number of benzene rings is 2. The molecule has 0 unspecified atom stereocenters. The molecular weight excluding hydrogens is 352 g/mol. The zero-order valence-corrected chi connectivity index (χ0v) is 16.5. The molecule has 1 saturated heterocycles. The number of hydrogen-bond donors (Lipinski definition) is 2. The number of piperidine rings is 1. The summed E-state index contributed by atoms with van der Waals surface area (Å²) in [4.78, 5) is 13.4.